The van der Waals surface area contributed by atoms with E-state index in [0.29, 0.717) is 41.8 Å². The van der Waals surface area contributed by atoms with Gasteiger partial charge in [-0.1, -0.05) is 0 Å². The fourth-order valence-electron chi connectivity index (χ4n) is 4.78. The largest absolute Gasteiger partial charge is 0.474 e. The third kappa shape index (κ3) is 4.15. The second-order valence-corrected chi connectivity index (χ2v) is 10.3. The number of pyridine rings is 2. The van der Waals surface area contributed by atoms with Crippen molar-refractivity contribution in [2.75, 3.05) is 22.9 Å². The van der Waals surface area contributed by atoms with Crippen LogP contribution in [-0.2, 0) is 11.0 Å². The number of amides is 3. The third-order valence-electron chi connectivity index (χ3n) is 6.79. The summed E-state index contributed by atoms with van der Waals surface area (Å²) in [6, 6.07) is 4.49. The highest BCUT2D eigenvalue weighted by Gasteiger charge is 2.61. The second kappa shape index (κ2) is 9.15. The molecular formula is C23H20F3IN6O3. The number of carbonyl (C=O) groups excluding carboxylic acids is 2. The van der Waals surface area contributed by atoms with Gasteiger partial charge in [0, 0.05) is 42.0 Å². The average Bonchev–Trinajstić information content (AvgIpc) is 3.07. The molecule has 0 aromatic carbocycles. The van der Waals surface area contributed by atoms with E-state index in [4.69, 9.17) is 10.00 Å². The Morgan fingerprint density at radius 2 is 1.81 bits per heavy atom. The van der Waals surface area contributed by atoms with Gasteiger partial charge in [-0.2, -0.15) is 18.4 Å². The lowest BCUT2D eigenvalue weighted by Gasteiger charge is -2.41. The van der Waals surface area contributed by atoms with E-state index in [0.717, 1.165) is 32.1 Å². The van der Waals surface area contributed by atoms with Gasteiger partial charge < -0.3 is 4.74 Å². The van der Waals surface area contributed by atoms with E-state index < -0.39 is 34.9 Å². The molecule has 1 aliphatic carbocycles. The number of nitrogens with zero attached hydrogens (tertiary/aromatic N) is 6. The van der Waals surface area contributed by atoms with Gasteiger partial charge in [0.15, 0.2) is 5.69 Å². The van der Waals surface area contributed by atoms with E-state index in [-0.39, 0.29) is 11.8 Å². The molecule has 0 unspecified atom stereocenters. The van der Waals surface area contributed by atoms with Crippen molar-refractivity contribution in [3.8, 4) is 11.9 Å². The number of nitriles is 1. The normalized spacial score (nSPS) is 20.5. The number of piperidine rings is 1. The smallest absolute Gasteiger partial charge is 0.419 e. The highest BCUT2D eigenvalue weighted by atomic mass is 127. The number of aromatic nitrogens is 2. The Morgan fingerprint density at radius 1 is 1.11 bits per heavy atom. The zero-order valence-corrected chi connectivity index (χ0v) is 21.0. The molecule has 1 spiro atoms. The Hall–Kier alpha value is -2.99. The van der Waals surface area contributed by atoms with Crippen LogP contribution in [0.4, 0.5) is 29.3 Å². The quantitative estimate of drug-likeness (QED) is 0.286. The summed E-state index contributed by atoms with van der Waals surface area (Å²) in [7, 11) is 0. The molecule has 0 radical (unpaired) electrons. The summed E-state index contributed by atoms with van der Waals surface area (Å²) < 4.78 is 48.6. The monoisotopic (exact) mass is 612 g/mol. The molecule has 188 valence electrons. The van der Waals surface area contributed by atoms with Gasteiger partial charge in [-0.05, 0) is 44.2 Å². The molecule has 9 nitrogen and oxygen atoms in total. The number of hydrogen-bond donors (Lipinski definition) is 0. The summed E-state index contributed by atoms with van der Waals surface area (Å²) in [5.41, 5.74) is -3.31. The van der Waals surface area contributed by atoms with Crippen LogP contribution >= 0.6 is 22.9 Å². The first-order valence-electron chi connectivity index (χ1n) is 11.3. The van der Waals surface area contributed by atoms with Crippen LogP contribution in [0.3, 0.4) is 0 Å². The molecule has 0 bridgehead atoms. The van der Waals surface area contributed by atoms with E-state index in [9.17, 15) is 22.8 Å². The van der Waals surface area contributed by atoms with Crippen molar-refractivity contribution < 1.29 is 27.5 Å². The van der Waals surface area contributed by atoms with Crippen molar-refractivity contribution >= 4 is 46.2 Å². The van der Waals surface area contributed by atoms with Gasteiger partial charge in [-0.25, -0.2) is 22.8 Å². The maximum Gasteiger partial charge on any atom is 0.419 e. The minimum atomic E-state index is -4.87. The van der Waals surface area contributed by atoms with Gasteiger partial charge >= 0.3 is 12.2 Å². The molecule has 0 N–H and O–H groups in total. The van der Waals surface area contributed by atoms with E-state index in [2.05, 4.69) is 35.9 Å². The summed E-state index contributed by atoms with van der Waals surface area (Å²) in [6.07, 6.45) is 0.696. The summed E-state index contributed by atoms with van der Waals surface area (Å²) >= 11 is 2.27. The molecule has 2 aliphatic heterocycles. The lowest BCUT2D eigenvalue weighted by atomic mass is 9.75. The fourth-order valence-corrected chi connectivity index (χ4v) is 5.33. The van der Waals surface area contributed by atoms with Crippen LogP contribution < -0.4 is 14.5 Å². The highest BCUT2D eigenvalue weighted by Crippen LogP contribution is 2.48. The van der Waals surface area contributed by atoms with Gasteiger partial charge in [0.25, 0.3) is 5.91 Å². The van der Waals surface area contributed by atoms with Crippen molar-refractivity contribution in [3.63, 3.8) is 0 Å². The number of rotatable bonds is 4. The summed E-state index contributed by atoms with van der Waals surface area (Å²) in [5, 5.41) is 9.01. The number of carbonyl (C=O) groups is 2. The van der Waals surface area contributed by atoms with E-state index in [1.165, 1.54) is 17.2 Å². The number of ether oxygens (including phenoxy) is 1. The molecule has 2 aromatic rings. The first-order chi connectivity index (χ1) is 17.1. The van der Waals surface area contributed by atoms with Gasteiger partial charge in [0.1, 0.15) is 17.7 Å². The Morgan fingerprint density at radius 3 is 2.36 bits per heavy atom. The minimum absolute atomic E-state index is 0.0320. The van der Waals surface area contributed by atoms with Crippen LogP contribution in [0.15, 0.2) is 30.6 Å². The van der Waals surface area contributed by atoms with Crippen molar-refractivity contribution in [1.82, 2.24) is 13.1 Å². The van der Waals surface area contributed by atoms with Crippen LogP contribution in [0.25, 0.3) is 0 Å². The molecule has 13 heteroatoms. The molecule has 3 amide bonds. The van der Waals surface area contributed by atoms with Crippen LogP contribution in [0.2, 0.25) is 0 Å². The molecule has 3 fully saturated rings. The summed E-state index contributed by atoms with van der Waals surface area (Å²) in [4.78, 5) is 36.8. The summed E-state index contributed by atoms with van der Waals surface area (Å²) in [6.45, 7) is 1.82. The molecule has 4 heterocycles. The maximum atomic E-state index is 13.5. The third-order valence-corrected chi connectivity index (χ3v) is 7.75. The van der Waals surface area contributed by atoms with Gasteiger partial charge in [0.05, 0.1) is 29.3 Å². The predicted molar refractivity (Wildman–Crippen MR) is 129 cm³/mol. The maximum absolute atomic E-state index is 13.5. The standard InChI is InChI=1S/C23H20F3IN6O3/c24-23(25,26)17-10-15(13-29-18(17)11-28)32-20(34)22(6-1-7-22)33(21(32)35)14-2-3-19(30-12-14)36-16-4-8-31(27)9-5-16/h2-3,10,12-13,16H,1,4-9H2. The first kappa shape index (κ1) is 24.7. The zero-order valence-electron chi connectivity index (χ0n) is 18.8. The number of alkyl halides is 3. The number of halogens is 4. The average molecular weight is 612 g/mol. The van der Waals surface area contributed by atoms with Crippen molar-refractivity contribution in [1.29, 1.82) is 5.26 Å². The molecule has 3 aliphatic rings. The topological polar surface area (TPSA) is 103 Å². The van der Waals surface area contributed by atoms with E-state index in [1.807, 2.05) is 0 Å². The number of urea groups is 1. The van der Waals surface area contributed by atoms with Crippen LogP contribution in [-0.4, -0.2) is 49.8 Å². The first-order valence-corrected chi connectivity index (χ1v) is 12.3. The number of hydrogen-bond acceptors (Lipinski definition) is 7. The Kier molecular flexibility index (Phi) is 6.27. The van der Waals surface area contributed by atoms with Crippen molar-refractivity contribution in [3.05, 3.63) is 41.9 Å². The Bertz CT molecular complexity index is 1240. The van der Waals surface area contributed by atoms with Gasteiger partial charge in [0.2, 0.25) is 5.88 Å². The van der Waals surface area contributed by atoms with Crippen LogP contribution in [0.1, 0.15) is 43.4 Å². The predicted octanol–water partition coefficient (Wildman–Crippen LogP) is 4.46. The molecule has 2 saturated heterocycles. The van der Waals surface area contributed by atoms with Crippen molar-refractivity contribution in [2.24, 2.45) is 0 Å². The number of imide groups is 1. The van der Waals surface area contributed by atoms with Crippen LogP contribution in [0, 0.1) is 11.3 Å². The highest BCUT2D eigenvalue weighted by molar-refractivity contribution is 14.1. The van der Waals surface area contributed by atoms with Gasteiger partial charge in [-0.15, -0.1) is 0 Å². The second-order valence-electron chi connectivity index (χ2n) is 8.92. The molecular weight excluding hydrogens is 592 g/mol. The molecule has 5 rings (SSSR count). The van der Waals surface area contributed by atoms with E-state index in [1.54, 1.807) is 12.1 Å². The zero-order chi connectivity index (χ0) is 25.7. The SMILES string of the molecule is N#Cc1ncc(N2C(=O)N(c3ccc(OC4CCN(I)CC4)nc3)C3(CCC3)C2=O)cc1C(F)(F)F. The lowest BCUT2D eigenvalue weighted by Crippen LogP contribution is -2.55. The molecule has 0 atom stereocenters. The lowest BCUT2D eigenvalue weighted by molar-refractivity contribution is -0.138. The van der Waals surface area contributed by atoms with Gasteiger partial charge in [-0.3, -0.25) is 9.69 Å². The Balaban J connectivity index is 1.43. The van der Waals surface area contributed by atoms with Crippen LogP contribution in [0.5, 0.6) is 5.88 Å². The number of anilines is 2. The summed E-state index contributed by atoms with van der Waals surface area (Å²) in [5.74, 6) is -0.224. The minimum Gasteiger partial charge on any atom is -0.474 e. The molecule has 1 saturated carbocycles. The van der Waals surface area contributed by atoms with E-state index >= 15 is 0 Å². The Labute approximate surface area is 218 Å². The fraction of sp³-hybridized carbons (Fsp3) is 0.435. The molecule has 2 aromatic heterocycles. The molecule has 36 heavy (non-hydrogen) atoms. The van der Waals surface area contributed by atoms with Crippen molar-refractivity contribution in [2.45, 2.75) is 49.9 Å².